The summed E-state index contributed by atoms with van der Waals surface area (Å²) in [6, 6.07) is 7.63. The minimum absolute atomic E-state index is 0.0880. The number of carbonyl (C=O) groups excluding carboxylic acids is 1. The Morgan fingerprint density at radius 3 is 3.00 bits per heavy atom. The molecule has 3 heterocycles. The van der Waals surface area contributed by atoms with Gasteiger partial charge in [-0.15, -0.1) is 11.3 Å². The van der Waals surface area contributed by atoms with Crippen LogP contribution in [-0.4, -0.2) is 27.3 Å². The number of aryl methyl sites for hydroxylation is 2. The van der Waals surface area contributed by atoms with Crippen LogP contribution >= 0.6 is 22.9 Å². The first-order valence-electron chi connectivity index (χ1n) is 9.41. The molecule has 1 saturated heterocycles. The smallest absolute Gasteiger partial charge is 0.228 e. The summed E-state index contributed by atoms with van der Waals surface area (Å²) < 4.78 is 6.01. The lowest BCUT2D eigenvalue weighted by atomic mass is 10.1. The highest BCUT2D eigenvalue weighted by Gasteiger charge is 2.33. The van der Waals surface area contributed by atoms with Crippen LogP contribution in [0.2, 0.25) is 5.02 Å². The molecule has 1 fully saturated rings. The van der Waals surface area contributed by atoms with Crippen LogP contribution < -0.4 is 0 Å². The van der Waals surface area contributed by atoms with E-state index in [0.29, 0.717) is 23.8 Å². The highest BCUT2D eigenvalue weighted by molar-refractivity contribution is 7.11. The number of carbonyl (C=O) groups is 1. The Bertz CT molecular complexity index is 997. The van der Waals surface area contributed by atoms with Gasteiger partial charge in [-0.25, -0.2) is 9.97 Å². The van der Waals surface area contributed by atoms with Crippen molar-refractivity contribution in [1.29, 1.82) is 0 Å². The molecular weight excluding hydrogens is 394 g/mol. The van der Waals surface area contributed by atoms with E-state index in [2.05, 4.69) is 9.97 Å². The number of hydrogen-bond acceptors (Lipinski definition) is 5. The second-order valence-electron chi connectivity index (χ2n) is 7.13. The number of thiazole rings is 1. The fourth-order valence-corrected chi connectivity index (χ4v) is 4.85. The van der Waals surface area contributed by atoms with Crippen molar-refractivity contribution in [2.24, 2.45) is 0 Å². The zero-order chi connectivity index (χ0) is 19.7. The Morgan fingerprint density at radius 1 is 1.39 bits per heavy atom. The van der Waals surface area contributed by atoms with E-state index in [0.717, 1.165) is 46.3 Å². The highest BCUT2D eigenvalue weighted by atomic mass is 35.5. The van der Waals surface area contributed by atoms with Gasteiger partial charge in [0.2, 0.25) is 11.8 Å². The second kappa shape index (κ2) is 8.05. The van der Waals surface area contributed by atoms with Crippen molar-refractivity contribution < 1.29 is 9.21 Å². The molecule has 28 heavy (non-hydrogen) atoms. The fraction of sp³-hybridized carbons (Fsp3) is 0.381. The molecule has 1 aliphatic rings. The number of hydrogen-bond donors (Lipinski definition) is 0. The van der Waals surface area contributed by atoms with Crippen LogP contribution in [0.3, 0.4) is 0 Å². The molecule has 1 aliphatic heterocycles. The van der Waals surface area contributed by atoms with E-state index in [1.165, 1.54) is 0 Å². The summed E-state index contributed by atoms with van der Waals surface area (Å²) in [5, 5.41) is 1.70. The summed E-state index contributed by atoms with van der Waals surface area (Å²) in [5.41, 5.74) is 2.03. The third kappa shape index (κ3) is 4.13. The Labute approximate surface area is 173 Å². The first-order valence-corrected chi connectivity index (χ1v) is 10.6. The van der Waals surface area contributed by atoms with Gasteiger partial charge in [0.15, 0.2) is 0 Å². The maximum Gasteiger partial charge on any atom is 0.228 e. The number of benzene rings is 1. The van der Waals surface area contributed by atoms with Crippen LogP contribution in [0, 0.1) is 13.8 Å². The standard InChI is InChI=1S/C21H22ClN3O2S/c1-13-19(28-14(2)24-13)11-20(26)25-8-4-7-18(25)21-23-12-17(27-21)10-15-5-3-6-16(22)9-15/h3,5-6,9,12,18H,4,7-8,10-11H2,1-2H3/t18-/m1/s1. The molecular formula is C21H22ClN3O2S. The molecule has 0 unspecified atom stereocenters. The molecule has 0 spiro atoms. The first kappa shape index (κ1) is 19.2. The highest BCUT2D eigenvalue weighted by Crippen LogP contribution is 2.33. The largest absolute Gasteiger partial charge is 0.443 e. The summed E-state index contributed by atoms with van der Waals surface area (Å²) in [4.78, 5) is 24.8. The van der Waals surface area contributed by atoms with Crippen molar-refractivity contribution in [3.8, 4) is 0 Å². The van der Waals surface area contributed by atoms with Gasteiger partial charge >= 0.3 is 0 Å². The number of aromatic nitrogens is 2. The summed E-state index contributed by atoms with van der Waals surface area (Å²) in [7, 11) is 0. The zero-order valence-electron chi connectivity index (χ0n) is 15.9. The molecule has 0 radical (unpaired) electrons. The SMILES string of the molecule is Cc1nc(C)c(CC(=O)N2CCC[C@@H]2c2ncc(Cc3cccc(Cl)c3)o2)s1. The van der Waals surface area contributed by atoms with Crippen molar-refractivity contribution in [2.75, 3.05) is 6.54 Å². The average Bonchev–Trinajstić information content (AvgIpc) is 3.35. The Kier molecular flexibility index (Phi) is 5.51. The van der Waals surface area contributed by atoms with E-state index in [1.54, 1.807) is 17.5 Å². The van der Waals surface area contributed by atoms with Crippen molar-refractivity contribution in [1.82, 2.24) is 14.9 Å². The minimum atomic E-state index is -0.0880. The van der Waals surface area contributed by atoms with E-state index < -0.39 is 0 Å². The van der Waals surface area contributed by atoms with Crippen molar-refractivity contribution in [3.63, 3.8) is 0 Å². The third-order valence-corrected chi connectivity index (χ3v) is 6.32. The van der Waals surface area contributed by atoms with Crippen molar-refractivity contribution in [3.05, 3.63) is 68.3 Å². The monoisotopic (exact) mass is 415 g/mol. The molecule has 5 nitrogen and oxygen atoms in total. The quantitative estimate of drug-likeness (QED) is 0.594. The number of amides is 1. The molecule has 146 valence electrons. The summed E-state index contributed by atoms with van der Waals surface area (Å²) in [5.74, 6) is 1.52. The topological polar surface area (TPSA) is 59.2 Å². The summed E-state index contributed by atoms with van der Waals surface area (Å²) in [6.45, 7) is 4.68. The van der Waals surface area contributed by atoms with Gasteiger partial charge in [-0.1, -0.05) is 23.7 Å². The van der Waals surface area contributed by atoms with Crippen LogP contribution in [0.15, 0.2) is 34.9 Å². The molecule has 4 rings (SSSR count). The lowest BCUT2D eigenvalue weighted by Gasteiger charge is -2.22. The van der Waals surface area contributed by atoms with Gasteiger partial charge in [-0.2, -0.15) is 0 Å². The number of halogens is 1. The molecule has 0 aliphatic carbocycles. The van der Waals surface area contributed by atoms with Crippen LogP contribution in [0.25, 0.3) is 0 Å². The minimum Gasteiger partial charge on any atom is -0.443 e. The Hall–Kier alpha value is -2.18. The predicted octanol–water partition coefficient (Wildman–Crippen LogP) is 4.90. The molecule has 0 N–H and O–H groups in total. The van der Waals surface area contributed by atoms with E-state index in [4.69, 9.17) is 16.0 Å². The number of oxazole rings is 1. The van der Waals surface area contributed by atoms with Crippen LogP contribution in [0.4, 0.5) is 0 Å². The number of nitrogens with zero attached hydrogens (tertiary/aromatic N) is 3. The molecule has 1 amide bonds. The van der Waals surface area contributed by atoms with Gasteiger partial charge < -0.3 is 9.32 Å². The van der Waals surface area contributed by atoms with Crippen molar-refractivity contribution >= 4 is 28.8 Å². The molecule has 0 bridgehead atoms. The van der Waals surface area contributed by atoms with Gasteiger partial charge in [0, 0.05) is 22.9 Å². The van der Waals surface area contributed by atoms with Gasteiger partial charge in [0.1, 0.15) is 11.8 Å². The normalized spacial score (nSPS) is 16.7. The lowest BCUT2D eigenvalue weighted by Crippen LogP contribution is -2.32. The van der Waals surface area contributed by atoms with Crippen LogP contribution in [0.1, 0.15) is 51.7 Å². The second-order valence-corrected chi connectivity index (χ2v) is 8.86. The fourth-order valence-electron chi connectivity index (χ4n) is 3.70. The molecule has 3 aromatic rings. The molecule has 2 aromatic heterocycles. The van der Waals surface area contributed by atoms with Gasteiger partial charge in [0.25, 0.3) is 0 Å². The Morgan fingerprint density at radius 2 is 2.25 bits per heavy atom. The van der Waals surface area contributed by atoms with Gasteiger partial charge in [-0.05, 0) is 44.4 Å². The Balaban J connectivity index is 1.47. The van der Waals surface area contributed by atoms with Crippen LogP contribution in [-0.2, 0) is 17.6 Å². The predicted molar refractivity (Wildman–Crippen MR) is 110 cm³/mol. The number of likely N-dealkylation sites (tertiary alicyclic amines) is 1. The maximum atomic E-state index is 12.9. The van der Waals surface area contributed by atoms with Gasteiger partial charge in [-0.3, -0.25) is 4.79 Å². The molecule has 7 heteroatoms. The van der Waals surface area contributed by atoms with Gasteiger partial charge in [0.05, 0.1) is 23.3 Å². The zero-order valence-corrected chi connectivity index (χ0v) is 17.5. The van der Waals surface area contributed by atoms with E-state index in [1.807, 2.05) is 43.0 Å². The van der Waals surface area contributed by atoms with E-state index in [9.17, 15) is 4.79 Å². The number of rotatable bonds is 5. The first-order chi connectivity index (χ1) is 13.5. The lowest BCUT2D eigenvalue weighted by molar-refractivity contribution is -0.131. The molecule has 0 saturated carbocycles. The van der Waals surface area contributed by atoms with E-state index >= 15 is 0 Å². The summed E-state index contributed by atoms with van der Waals surface area (Å²) in [6.07, 6.45) is 4.62. The van der Waals surface area contributed by atoms with Crippen molar-refractivity contribution in [2.45, 2.75) is 45.6 Å². The molecule has 1 aromatic carbocycles. The maximum absolute atomic E-state index is 12.9. The third-order valence-electron chi connectivity index (χ3n) is 5.01. The summed E-state index contributed by atoms with van der Waals surface area (Å²) >= 11 is 7.66. The van der Waals surface area contributed by atoms with Crippen LogP contribution in [0.5, 0.6) is 0 Å². The average molecular weight is 416 g/mol. The molecule has 1 atom stereocenters. The van der Waals surface area contributed by atoms with E-state index in [-0.39, 0.29) is 11.9 Å².